The number of nitrogens with one attached hydrogen (secondary N) is 1. The molecule has 0 aromatic heterocycles. The fourth-order valence-electron chi connectivity index (χ4n) is 3.55. The van der Waals surface area contributed by atoms with Crippen molar-refractivity contribution in [2.24, 2.45) is 0 Å². The number of carbonyl (C=O) groups excluding carboxylic acids is 1. The molecular weight excluding hydrogens is 460 g/mol. The van der Waals surface area contributed by atoms with E-state index in [9.17, 15) is 13.2 Å². The molecule has 0 radical (unpaired) electrons. The highest BCUT2D eigenvalue weighted by atomic mass is 35.5. The van der Waals surface area contributed by atoms with Crippen molar-refractivity contribution < 1.29 is 17.9 Å². The Labute approximate surface area is 200 Å². The number of benzene rings is 3. The molecule has 1 N–H and O–H groups in total. The number of rotatable bonds is 9. The molecule has 3 rings (SSSR count). The molecule has 0 fully saturated rings. The highest BCUT2D eigenvalue weighted by molar-refractivity contribution is 7.92. The molecule has 8 heteroatoms. The number of amides is 1. The van der Waals surface area contributed by atoms with Crippen molar-refractivity contribution in [1.82, 2.24) is 5.32 Å². The Kier molecular flexibility index (Phi) is 8.00. The Morgan fingerprint density at radius 3 is 2.30 bits per heavy atom. The number of anilines is 1. The quantitative estimate of drug-likeness (QED) is 0.455. The van der Waals surface area contributed by atoms with Crippen LogP contribution in [0, 0.1) is 6.92 Å². The zero-order valence-electron chi connectivity index (χ0n) is 18.8. The van der Waals surface area contributed by atoms with E-state index in [1.165, 1.54) is 12.1 Å². The molecule has 0 aliphatic heterocycles. The smallest absolute Gasteiger partial charge is 0.264 e. The standard InChI is InChI=1S/C25H27ClN2O4S/c1-4-23(19-10-15-24(32-3)18(2)16-19)27-25(29)17-28(21-13-11-20(26)12-14-21)33(30,31)22-8-6-5-7-9-22/h5-16,23H,4,17H2,1-3H3,(H,27,29)/t23-/m0/s1. The summed E-state index contributed by atoms with van der Waals surface area (Å²) in [5.74, 6) is 0.354. The fourth-order valence-corrected chi connectivity index (χ4v) is 5.12. The van der Waals surface area contributed by atoms with Crippen molar-refractivity contribution in [3.8, 4) is 5.75 Å². The first-order valence-electron chi connectivity index (χ1n) is 10.5. The fraction of sp³-hybridized carbons (Fsp3) is 0.240. The summed E-state index contributed by atoms with van der Waals surface area (Å²) in [5.41, 5.74) is 2.23. The van der Waals surface area contributed by atoms with Gasteiger partial charge < -0.3 is 10.1 Å². The summed E-state index contributed by atoms with van der Waals surface area (Å²) in [7, 11) is -2.36. The molecule has 0 unspecified atom stereocenters. The summed E-state index contributed by atoms with van der Waals surface area (Å²) in [6, 6.07) is 19.8. The summed E-state index contributed by atoms with van der Waals surface area (Å²) in [6.45, 7) is 3.53. The SMILES string of the molecule is CC[C@H](NC(=O)CN(c1ccc(Cl)cc1)S(=O)(=O)c1ccccc1)c1ccc(OC)c(C)c1. The van der Waals surface area contributed by atoms with Crippen LogP contribution in [0.25, 0.3) is 0 Å². The van der Waals surface area contributed by atoms with Crippen LogP contribution in [0.4, 0.5) is 5.69 Å². The first kappa shape index (κ1) is 24.6. The number of hydrogen-bond acceptors (Lipinski definition) is 4. The van der Waals surface area contributed by atoms with Gasteiger partial charge in [0, 0.05) is 5.02 Å². The van der Waals surface area contributed by atoms with Crippen molar-refractivity contribution in [2.45, 2.75) is 31.2 Å². The number of halogens is 1. The largest absolute Gasteiger partial charge is 0.496 e. The van der Waals surface area contributed by atoms with Crippen LogP contribution in [0.15, 0.2) is 77.7 Å². The van der Waals surface area contributed by atoms with E-state index in [2.05, 4.69) is 5.32 Å². The van der Waals surface area contributed by atoms with Crippen molar-refractivity contribution in [3.63, 3.8) is 0 Å². The van der Waals surface area contributed by atoms with Crippen molar-refractivity contribution >= 4 is 33.2 Å². The second-order valence-corrected chi connectivity index (χ2v) is 9.86. The molecule has 0 saturated carbocycles. The highest BCUT2D eigenvalue weighted by Gasteiger charge is 2.28. The molecule has 3 aromatic rings. The minimum absolute atomic E-state index is 0.102. The van der Waals surface area contributed by atoms with Crippen LogP contribution in [0.3, 0.4) is 0 Å². The molecule has 0 aliphatic carbocycles. The number of carbonyl (C=O) groups is 1. The maximum Gasteiger partial charge on any atom is 0.264 e. The van der Waals surface area contributed by atoms with Gasteiger partial charge in [0.25, 0.3) is 10.0 Å². The van der Waals surface area contributed by atoms with Crippen LogP contribution in [0.5, 0.6) is 5.75 Å². The lowest BCUT2D eigenvalue weighted by Gasteiger charge is -2.26. The number of methoxy groups -OCH3 is 1. The first-order valence-corrected chi connectivity index (χ1v) is 12.3. The number of nitrogens with zero attached hydrogens (tertiary/aromatic N) is 1. The van der Waals surface area contributed by atoms with E-state index in [4.69, 9.17) is 16.3 Å². The molecule has 174 valence electrons. The third-order valence-corrected chi connectivity index (χ3v) is 7.34. The highest BCUT2D eigenvalue weighted by Crippen LogP contribution is 2.27. The summed E-state index contributed by atoms with van der Waals surface area (Å²) in [4.78, 5) is 13.2. The molecule has 33 heavy (non-hydrogen) atoms. The summed E-state index contributed by atoms with van der Waals surface area (Å²) >= 11 is 5.99. The first-order chi connectivity index (χ1) is 15.8. The van der Waals surface area contributed by atoms with Gasteiger partial charge in [-0.3, -0.25) is 9.10 Å². The molecule has 1 atom stereocenters. The Morgan fingerprint density at radius 2 is 1.73 bits per heavy atom. The average Bonchev–Trinajstić information content (AvgIpc) is 2.82. The predicted octanol–water partition coefficient (Wildman–Crippen LogP) is 5.12. The van der Waals surface area contributed by atoms with Crippen LogP contribution in [-0.4, -0.2) is 28.0 Å². The Hall–Kier alpha value is -3.03. The number of ether oxygens (including phenoxy) is 1. The van der Waals surface area contributed by atoms with Gasteiger partial charge in [0.2, 0.25) is 5.91 Å². The number of sulfonamides is 1. The maximum absolute atomic E-state index is 13.4. The van der Waals surface area contributed by atoms with Crippen molar-refractivity contribution in [3.05, 3.63) is 88.9 Å². The molecule has 6 nitrogen and oxygen atoms in total. The van der Waals surface area contributed by atoms with Gasteiger partial charge in [-0.1, -0.05) is 48.9 Å². The molecule has 0 bridgehead atoms. The van der Waals surface area contributed by atoms with Crippen LogP contribution in [0.1, 0.15) is 30.5 Å². The minimum atomic E-state index is -3.97. The number of hydrogen-bond donors (Lipinski definition) is 1. The van der Waals surface area contributed by atoms with Crippen LogP contribution in [-0.2, 0) is 14.8 Å². The van der Waals surface area contributed by atoms with Gasteiger partial charge in [-0.25, -0.2) is 8.42 Å². The zero-order chi connectivity index (χ0) is 24.0. The number of aryl methyl sites for hydroxylation is 1. The summed E-state index contributed by atoms with van der Waals surface area (Å²) < 4.78 is 33.2. The molecule has 1 amide bonds. The molecular formula is C25H27ClN2O4S. The zero-order valence-corrected chi connectivity index (χ0v) is 20.4. The molecule has 0 saturated heterocycles. The maximum atomic E-state index is 13.4. The van der Waals surface area contributed by atoms with Crippen LogP contribution < -0.4 is 14.4 Å². The summed E-state index contributed by atoms with van der Waals surface area (Å²) in [5, 5.41) is 3.44. The van der Waals surface area contributed by atoms with E-state index in [1.807, 2.05) is 32.0 Å². The monoisotopic (exact) mass is 486 g/mol. The lowest BCUT2D eigenvalue weighted by molar-refractivity contribution is -0.120. The lowest BCUT2D eigenvalue weighted by Crippen LogP contribution is -2.42. The Morgan fingerprint density at radius 1 is 1.06 bits per heavy atom. The van der Waals surface area contributed by atoms with Gasteiger partial charge >= 0.3 is 0 Å². The third-order valence-electron chi connectivity index (χ3n) is 5.30. The van der Waals surface area contributed by atoms with Gasteiger partial charge in [0.15, 0.2) is 0 Å². The molecule has 3 aromatic carbocycles. The van der Waals surface area contributed by atoms with Gasteiger partial charge in [-0.2, -0.15) is 0 Å². The predicted molar refractivity (Wildman–Crippen MR) is 131 cm³/mol. The normalized spacial score (nSPS) is 12.1. The van der Waals surface area contributed by atoms with Crippen LogP contribution >= 0.6 is 11.6 Å². The van der Waals surface area contributed by atoms with E-state index >= 15 is 0 Å². The average molecular weight is 487 g/mol. The molecule has 0 heterocycles. The Bertz CT molecular complexity index is 1200. The van der Waals surface area contributed by atoms with Gasteiger partial charge in [0.1, 0.15) is 12.3 Å². The third kappa shape index (κ3) is 5.86. The Balaban J connectivity index is 1.88. The van der Waals surface area contributed by atoms with Crippen LogP contribution in [0.2, 0.25) is 5.02 Å². The van der Waals surface area contributed by atoms with E-state index in [-0.39, 0.29) is 17.5 Å². The van der Waals surface area contributed by atoms with E-state index < -0.39 is 15.9 Å². The van der Waals surface area contributed by atoms with Gasteiger partial charge in [-0.05, 0) is 66.9 Å². The second kappa shape index (κ2) is 10.7. The van der Waals surface area contributed by atoms with E-state index in [0.29, 0.717) is 17.1 Å². The lowest BCUT2D eigenvalue weighted by atomic mass is 10.0. The molecule has 0 aliphatic rings. The van der Waals surface area contributed by atoms with E-state index in [0.717, 1.165) is 21.2 Å². The van der Waals surface area contributed by atoms with Crippen molar-refractivity contribution in [2.75, 3.05) is 18.0 Å². The second-order valence-electron chi connectivity index (χ2n) is 7.56. The topological polar surface area (TPSA) is 75.7 Å². The molecule has 0 spiro atoms. The van der Waals surface area contributed by atoms with E-state index in [1.54, 1.807) is 49.6 Å². The minimum Gasteiger partial charge on any atom is -0.496 e. The van der Waals surface area contributed by atoms with Gasteiger partial charge in [-0.15, -0.1) is 0 Å². The van der Waals surface area contributed by atoms with Crippen molar-refractivity contribution in [1.29, 1.82) is 0 Å². The summed E-state index contributed by atoms with van der Waals surface area (Å²) in [6.07, 6.45) is 0.643. The van der Waals surface area contributed by atoms with Gasteiger partial charge in [0.05, 0.1) is 23.7 Å².